The van der Waals surface area contributed by atoms with Crippen molar-refractivity contribution in [3.63, 3.8) is 0 Å². The van der Waals surface area contributed by atoms with Crippen molar-refractivity contribution in [1.82, 2.24) is 4.90 Å². The second-order valence-corrected chi connectivity index (χ2v) is 10.4. The van der Waals surface area contributed by atoms with Crippen LogP contribution in [0.15, 0.2) is 103 Å². The SMILES string of the molecule is CC(C)N(C(=O)c1cccc2c1[C@@]1(c3ccccc3)O[C@]2(c2ccccc2)c2ccccc21)C(C)C. The zero-order chi connectivity index (χ0) is 25.1. The van der Waals surface area contributed by atoms with Gasteiger partial charge in [-0.05, 0) is 56.0 Å². The van der Waals surface area contributed by atoms with Crippen LogP contribution in [-0.4, -0.2) is 22.9 Å². The third-order valence-electron chi connectivity index (χ3n) is 7.73. The molecule has 2 bridgehead atoms. The molecular weight excluding hydrogens is 442 g/mol. The van der Waals surface area contributed by atoms with Crippen molar-refractivity contribution < 1.29 is 9.53 Å². The largest absolute Gasteiger partial charge is 0.340 e. The first-order chi connectivity index (χ1) is 17.4. The number of hydrogen-bond acceptors (Lipinski definition) is 2. The third kappa shape index (κ3) is 2.87. The molecule has 0 spiro atoms. The van der Waals surface area contributed by atoms with Gasteiger partial charge in [0.15, 0.2) is 0 Å². The molecule has 2 atom stereocenters. The average molecular weight is 474 g/mol. The summed E-state index contributed by atoms with van der Waals surface area (Å²) in [5.74, 6) is 0.0454. The van der Waals surface area contributed by atoms with Crippen LogP contribution >= 0.6 is 0 Å². The van der Waals surface area contributed by atoms with Gasteiger partial charge in [-0.3, -0.25) is 4.79 Å². The summed E-state index contributed by atoms with van der Waals surface area (Å²) in [7, 11) is 0. The predicted molar refractivity (Wildman–Crippen MR) is 143 cm³/mol. The highest BCUT2D eigenvalue weighted by Crippen LogP contribution is 2.66. The highest BCUT2D eigenvalue weighted by Gasteiger charge is 2.65. The molecule has 0 aromatic heterocycles. The van der Waals surface area contributed by atoms with E-state index in [4.69, 9.17) is 4.74 Å². The Morgan fingerprint density at radius 1 is 0.611 bits per heavy atom. The van der Waals surface area contributed by atoms with Crippen molar-refractivity contribution in [2.75, 3.05) is 0 Å². The molecule has 6 rings (SSSR count). The van der Waals surface area contributed by atoms with E-state index in [1.165, 1.54) is 0 Å². The van der Waals surface area contributed by atoms with E-state index in [1.54, 1.807) is 0 Å². The Morgan fingerprint density at radius 2 is 1.08 bits per heavy atom. The molecule has 0 unspecified atom stereocenters. The molecule has 180 valence electrons. The zero-order valence-corrected chi connectivity index (χ0v) is 21.2. The smallest absolute Gasteiger partial charge is 0.254 e. The fourth-order valence-electron chi connectivity index (χ4n) is 6.50. The lowest BCUT2D eigenvalue weighted by Crippen LogP contribution is -2.43. The Hall–Kier alpha value is -3.69. The molecule has 3 nitrogen and oxygen atoms in total. The van der Waals surface area contributed by atoms with Gasteiger partial charge in [-0.25, -0.2) is 0 Å². The number of fused-ring (bicyclic) bond motifs is 8. The van der Waals surface area contributed by atoms with Crippen LogP contribution in [0, 0.1) is 0 Å². The lowest BCUT2D eigenvalue weighted by atomic mass is 9.67. The van der Waals surface area contributed by atoms with Gasteiger partial charge >= 0.3 is 0 Å². The molecule has 4 aromatic carbocycles. The number of nitrogens with zero attached hydrogens (tertiary/aromatic N) is 1. The second-order valence-electron chi connectivity index (χ2n) is 10.4. The quantitative estimate of drug-likeness (QED) is 0.316. The molecule has 2 aliphatic heterocycles. The summed E-state index contributed by atoms with van der Waals surface area (Å²) in [5.41, 5.74) is 5.42. The maximum atomic E-state index is 14.3. The first kappa shape index (κ1) is 22.8. The van der Waals surface area contributed by atoms with Crippen LogP contribution in [0.25, 0.3) is 0 Å². The fraction of sp³-hybridized carbons (Fsp3) is 0.242. The third-order valence-corrected chi connectivity index (χ3v) is 7.73. The van der Waals surface area contributed by atoms with Gasteiger partial charge in [-0.15, -0.1) is 0 Å². The van der Waals surface area contributed by atoms with Gasteiger partial charge in [0.2, 0.25) is 0 Å². The van der Waals surface area contributed by atoms with E-state index >= 15 is 0 Å². The summed E-state index contributed by atoms with van der Waals surface area (Å²) < 4.78 is 7.38. The zero-order valence-electron chi connectivity index (χ0n) is 21.2. The van der Waals surface area contributed by atoms with E-state index in [0.717, 1.165) is 33.4 Å². The van der Waals surface area contributed by atoms with Crippen LogP contribution in [0.2, 0.25) is 0 Å². The van der Waals surface area contributed by atoms with Crippen molar-refractivity contribution in [2.45, 2.75) is 51.0 Å². The number of hydrogen-bond donors (Lipinski definition) is 0. The number of amides is 1. The Morgan fingerprint density at radius 3 is 1.64 bits per heavy atom. The van der Waals surface area contributed by atoms with E-state index in [0.29, 0.717) is 5.56 Å². The fourth-order valence-corrected chi connectivity index (χ4v) is 6.50. The molecule has 0 aliphatic carbocycles. The van der Waals surface area contributed by atoms with Gasteiger partial charge in [0.05, 0.1) is 0 Å². The van der Waals surface area contributed by atoms with E-state index in [-0.39, 0.29) is 18.0 Å². The van der Waals surface area contributed by atoms with E-state index in [1.807, 2.05) is 29.2 Å². The number of rotatable bonds is 5. The minimum atomic E-state index is -0.880. The predicted octanol–water partition coefficient (Wildman–Crippen LogP) is 6.87. The second kappa shape index (κ2) is 8.18. The first-order valence-electron chi connectivity index (χ1n) is 12.8. The Balaban J connectivity index is 1.73. The van der Waals surface area contributed by atoms with Gasteiger partial charge in [0, 0.05) is 28.8 Å². The summed E-state index contributed by atoms with van der Waals surface area (Å²) in [6, 6.07) is 35.6. The average Bonchev–Trinajstić information content (AvgIpc) is 3.39. The van der Waals surface area contributed by atoms with Crippen LogP contribution in [0.1, 0.15) is 71.4 Å². The lowest BCUT2D eigenvalue weighted by Gasteiger charge is -2.35. The van der Waals surface area contributed by atoms with Crippen molar-refractivity contribution >= 4 is 5.91 Å². The van der Waals surface area contributed by atoms with Crippen molar-refractivity contribution in [3.05, 3.63) is 142 Å². The summed E-state index contributed by atoms with van der Waals surface area (Å²) in [4.78, 5) is 16.2. The first-order valence-corrected chi connectivity index (χ1v) is 12.8. The lowest BCUT2D eigenvalue weighted by molar-refractivity contribution is -0.0261. The minimum Gasteiger partial charge on any atom is -0.340 e. The van der Waals surface area contributed by atoms with Crippen LogP contribution in [0.5, 0.6) is 0 Å². The summed E-state index contributed by atoms with van der Waals surface area (Å²) in [5, 5.41) is 0. The molecule has 2 aliphatic rings. The molecule has 0 fully saturated rings. The van der Waals surface area contributed by atoms with Crippen molar-refractivity contribution in [3.8, 4) is 0 Å². The van der Waals surface area contributed by atoms with Gasteiger partial charge in [0.25, 0.3) is 5.91 Å². The molecule has 4 aromatic rings. The van der Waals surface area contributed by atoms with Gasteiger partial charge in [-0.2, -0.15) is 0 Å². The highest BCUT2D eigenvalue weighted by molar-refractivity contribution is 5.98. The number of carbonyl (C=O) groups is 1. The van der Waals surface area contributed by atoms with Gasteiger partial charge < -0.3 is 9.64 Å². The summed E-state index contributed by atoms with van der Waals surface area (Å²) in [6.45, 7) is 8.32. The van der Waals surface area contributed by atoms with Gasteiger partial charge in [-0.1, -0.05) is 97.1 Å². The molecule has 0 saturated carbocycles. The topological polar surface area (TPSA) is 29.5 Å². The minimum absolute atomic E-state index is 0.0454. The Labute approximate surface area is 213 Å². The Kier molecular flexibility index (Phi) is 5.17. The molecule has 0 radical (unpaired) electrons. The van der Waals surface area contributed by atoms with Crippen LogP contribution < -0.4 is 0 Å². The molecule has 2 heterocycles. The molecule has 1 amide bonds. The number of carbonyl (C=O) groups excluding carboxylic acids is 1. The number of ether oxygens (including phenoxy) is 1. The normalized spacial score (nSPS) is 21.5. The summed E-state index contributed by atoms with van der Waals surface area (Å²) >= 11 is 0. The Bertz CT molecular complexity index is 1440. The molecule has 3 heteroatoms. The molecular formula is C33H31NO2. The maximum absolute atomic E-state index is 14.3. The monoisotopic (exact) mass is 473 g/mol. The molecule has 36 heavy (non-hydrogen) atoms. The molecule has 0 saturated heterocycles. The number of benzene rings is 4. The standard InChI is InChI=1S/C33H31NO2/c1-22(2)34(23(3)4)31(35)26-18-13-21-29-30(26)33(25-16-9-6-10-17-25)28-20-12-11-19-27(28)32(29,36-33)24-14-7-5-8-15-24/h5-23H,1-4H3/t32-,33+/m1/s1. The van der Waals surface area contributed by atoms with Crippen LogP contribution in [0.3, 0.4) is 0 Å². The van der Waals surface area contributed by atoms with Crippen molar-refractivity contribution in [1.29, 1.82) is 0 Å². The van der Waals surface area contributed by atoms with Crippen LogP contribution in [0.4, 0.5) is 0 Å². The van der Waals surface area contributed by atoms with Crippen molar-refractivity contribution in [2.24, 2.45) is 0 Å². The van der Waals surface area contributed by atoms with Crippen LogP contribution in [-0.2, 0) is 15.9 Å². The van der Waals surface area contributed by atoms with E-state index in [2.05, 4.69) is 107 Å². The molecule has 0 N–H and O–H groups in total. The maximum Gasteiger partial charge on any atom is 0.254 e. The van der Waals surface area contributed by atoms with Gasteiger partial charge in [0.1, 0.15) is 11.2 Å². The van der Waals surface area contributed by atoms with E-state index < -0.39 is 11.2 Å². The van der Waals surface area contributed by atoms with E-state index in [9.17, 15) is 4.79 Å². The highest BCUT2D eigenvalue weighted by atomic mass is 16.5. The summed E-state index contributed by atoms with van der Waals surface area (Å²) in [6.07, 6.45) is 0.